The number of carbonyl (C=O) groups excluding carboxylic acids is 3. The van der Waals surface area contributed by atoms with E-state index in [0.29, 0.717) is 6.42 Å². The predicted molar refractivity (Wildman–Crippen MR) is 116 cm³/mol. The molecular weight excluding hydrogens is 438 g/mol. The van der Waals surface area contributed by atoms with E-state index in [2.05, 4.69) is 0 Å². The second-order valence-electron chi connectivity index (χ2n) is 10.3. The Hall–Kier alpha value is -1.54. The number of aliphatic hydroxyl groups is 1. The van der Waals surface area contributed by atoms with Crippen molar-refractivity contribution < 1.29 is 33.0 Å². The number of hydrogen-bond acceptors (Lipinski definition) is 6. The van der Waals surface area contributed by atoms with Crippen LogP contribution in [0.15, 0.2) is 23.8 Å². The number of ether oxygens (including phenoxy) is 1. The summed E-state index contributed by atoms with van der Waals surface area (Å²) in [7, 11) is 0. The minimum absolute atomic E-state index is 0.0592. The van der Waals surface area contributed by atoms with Gasteiger partial charge in [-0.15, -0.1) is 0 Å². The number of halogens is 2. The van der Waals surface area contributed by atoms with Crippen molar-refractivity contribution in [1.82, 2.24) is 0 Å². The average molecular weight is 469 g/mol. The Balaban J connectivity index is 1.89. The number of carbonyl (C=O) groups is 3. The highest BCUT2D eigenvalue weighted by atomic mass is 32.2. The van der Waals surface area contributed by atoms with Crippen molar-refractivity contribution in [2.45, 2.75) is 70.5 Å². The molecule has 0 amide bonds. The summed E-state index contributed by atoms with van der Waals surface area (Å²) in [5.41, 5.74) is -6.25. The molecule has 8 heteroatoms. The predicted octanol–water partition coefficient (Wildman–Crippen LogP) is 3.74. The molecule has 0 aromatic rings. The second kappa shape index (κ2) is 7.23. The number of esters is 1. The summed E-state index contributed by atoms with van der Waals surface area (Å²) in [4.78, 5) is 37.3. The van der Waals surface area contributed by atoms with E-state index in [-0.39, 0.29) is 23.5 Å². The third kappa shape index (κ3) is 2.62. The Labute approximate surface area is 191 Å². The molecule has 0 aromatic heterocycles. The van der Waals surface area contributed by atoms with Gasteiger partial charge >= 0.3 is 5.97 Å². The van der Waals surface area contributed by atoms with Gasteiger partial charge in [-0.25, -0.2) is 8.78 Å². The molecular formula is C24H30F2O5S. The molecule has 0 radical (unpaired) electrons. The minimum Gasteiger partial charge on any atom is -0.449 e. The van der Waals surface area contributed by atoms with E-state index >= 15 is 8.78 Å². The molecule has 4 aliphatic rings. The number of aliphatic hydroxyl groups excluding tert-OH is 1. The summed E-state index contributed by atoms with van der Waals surface area (Å²) in [6.45, 7) is 6.34. The fourth-order valence-electron chi connectivity index (χ4n) is 7.60. The van der Waals surface area contributed by atoms with Crippen LogP contribution in [0.5, 0.6) is 0 Å². The number of alkyl halides is 2. The van der Waals surface area contributed by atoms with Gasteiger partial charge < -0.3 is 9.84 Å². The normalized spacial score (nSPS) is 49.6. The summed E-state index contributed by atoms with van der Waals surface area (Å²) in [6.07, 6.45) is 2.34. The molecule has 4 aliphatic carbocycles. The van der Waals surface area contributed by atoms with Crippen LogP contribution in [0.1, 0.15) is 47.0 Å². The zero-order chi connectivity index (χ0) is 23.9. The van der Waals surface area contributed by atoms with E-state index in [0.717, 1.165) is 17.8 Å². The van der Waals surface area contributed by atoms with Crippen LogP contribution < -0.4 is 0 Å². The van der Waals surface area contributed by atoms with Gasteiger partial charge in [-0.3, -0.25) is 14.4 Å². The molecule has 32 heavy (non-hydrogen) atoms. The quantitative estimate of drug-likeness (QED) is 0.622. The van der Waals surface area contributed by atoms with Gasteiger partial charge in [0.15, 0.2) is 17.1 Å². The summed E-state index contributed by atoms with van der Waals surface area (Å²) >= 11 is 0.945. The summed E-state index contributed by atoms with van der Waals surface area (Å²) in [5.74, 6) is -2.86. The lowest BCUT2D eigenvalue weighted by molar-refractivity contribution is -0.228. The van der Waals surface area contributed by atoms with Crippen LogP contribution in [0.3, 0.4) is 0 Å². The van der Waals surface area contributed by atoms with Crippen LogP contribution in [0, 0.1) is 28.6 Å². The van der Waals surface area contributed by atoms with E-state index in [1.807, 2.05) is 0 Å². The van der Waals surface area contributed by atoms with Crippen molar-refractivity contribution in [2.24, 2.45) is 28.6 Å². The third-order valence-corrected chi connectivity index (χ3v) is 9.64. The number of fused-ring (bicyclic) bond motifs is 5. The SMILES string of the molecule is CSC(=O)[C@@]1(OC(C)=O)[C@H](C)C[C@H]2[C@@H]3C[C@H](F)C4=CC(=O)C=C[C@]4(C)[C@@]3(F)[C@@H](O)C[C@@]21C. The van der Waals surface area contributed by atoms with Gasteiger partial charge in [0, 0.05) is 29.6 Å². The summed E-state index contributed by atoms with van der Waals surface area (Å²) in [6, 6.07) is 0. The van der Waals surface area contributed by atoms with Crippen molar-refractivity contribution >= 4 is 28.6 Å². The molecule has 5 nitrogen and oxygen atoms in total. The Kier molecular flexibility index (Phi) is 5.33. The lowest BCUT2D eigenvalue weighted by Crippen LogP contribution is -2.70. The smallest absolute Gasteiger partial charge is 0.303 e. The molecule has 176 valence electrons. The number of hydrogen-bond donors (Lipinski definition) is 1. The zero-order valence-electron chi connectivity index (χ0n) is 19.0. The monoisotopic (exact) mass is 468 g/mol. The van der Waals surface area contributed by atoms with Gasteiger partial charge in [0.05, 0.1) is 6.10 Å². The van der Waals surface area contributed by atoms with Crippen LogP contribution in [-0.4, -0.2) is 51.8 Å². The Bertz CT molecular complexity index is 949. The fourth-order valence-corrected chi connectivity index (χ4v) is 8.38. The standard InChI is InChI=1S/C24H30F2O5S/c1-12-8-15-16-10-18(25)17-9-14(28)6-7-21(17,3)23(16,26)19(29)11-22(15,4)24(12,20(30)32-5)31-13(2)27/h6-7,9,12,15-16,18-19,29H,8,10-11H2,1-5H3/t12-,15+,16+,18+,19+,21+,22+,23+,24+/m1/s1. The lowest BCUT2D eigenvalue weighted by Gasteiger charge is -2.63. The van der Waals surface area contributed by atoms with E-state index in [1.165, 1.54) is 26.0 Å². The Morgan fingerprint density at radius 1 is 1.25 bits per heavy atom. The first-order valence-corrected chi connectivity index (χ1v) is 12.3. The molecule has 0 aromatic carbocycles. The highest BCUT2D eigenvalue weighted by Crippen LogP contribution is 2.72. The molecule has 0 heterocycles. The molecule has 4 rings (SSSR count). The van der Waals surface area contributed by atoms with E-state index in [4.69, 9.17) is 4.74 Å². The Morgan fingerprint density at radius 2 is 1.91 bits per heavy atom. The largest absolute Gasteiger partial charge is 0.449 e. The third-order valence-electron chi connectivity index (χ3n) is 8.96. The highest BCUT2D eigenvalue weighted by Gasteiger charge is 2.78. The molecule has 0 saturated heterocycles. The number of allylic oxidation sites excluding steroid dienone is 4. The number of thioether (sulfide) groups is 1. The number of rotatable bonds is 2. The maximum Gasteiger partial charge on any atom is 0.303 e. The van der Waals surface area contributed by atoms with Gasteiger partial charge in [0.1, 0.15) is 6.17 Å². The molecule has 1 N–H and O–H groups in total. The van der Waals surface area contributed by atoms with Crippen molar-refractivity contribution in [3.63, 3.8) is 0 Å². The molecule has 0 spiro atoms. The van der Waals surface area contributed by atoms with Crippen LogP contribution in [0.4, 0.5) is 8.78 Å². The van der Waals surface area contributed by atoms with E-state index in [9.17, 15) is 19.5 Å². The fraction of sp³-hybridized carbons (Fsp3) is 0.708. The van der Waals surface area contributed by atoms with Gasteiger partial charge in [0.25, 0.3) is 0 Å². The molecule has 0 unspecified atom stereocenters. The van der Waals surface area contributed by atoms with E-state index < -0.39 is 63.9 Å². The van der Waals surface area contributed by atoms with E-state index in [1.54, 1.807) is 20.1 Å². The van der Waals surface area contributed by atoms with Crippen LogP contribution in [0.25, 0.3) is 0 Å². The second-order valence-corrected chi connectivity index (χ2v) is 11.1. The van der Waals surface area contributed by atoms with Crippen LogP contribution in [-0.2, 0) is 19.1 Å². The van der Waals surface area contributed by atoms with Crippen molar-refractivity contribution in [1.29, 1.82) is 0 Å². The summed E-state index contributed by atoms with van der Waals surface area (Å²) < 4.78 is 38.4. The van der Waals surface area contributed by atoms with Crippen molar-refractivity contribution in [3.8, 4) is 0 Å². The van der Waals surface area contributed by atoms with Crippen molar-refractivity contribution in [2.75, 3.05) is 6.26 Å². The maximum absolute atomic E-state index is 17.1. The highest BCUT2D eigenvalue weighted by molar-refractivity contribution is 8.13. The maximum atomic E-state index is 17.1. The first kappa shape index (κ1) is 23.6. The minimum atomic E-state index is -2.22. The molecule has 0 bridgehead atoms. The summed E-state index contributed by atoms with van der Waals surface area (Å²) in [5, 5.41) is 11.0. The average Bonchev–Trinajstić information content (AvgIpc) is 2.92. The molecule has 0 aliphatic heterocycles. The topological polar surface area (TPSA) is 80.7 Å². The first-order valence-electron chi connectivity index (χ1n) is 11.0. The van der Waals surface area contributed by atoms with Gasteiger partial charge in [-0.2, -0.15) is 0 Å². The van der Waals surface area contributed by atoms with Crippen molar-refractivity contribution in [3.05, 3.63) is 23.8 Å². The van der Waals surface area contributed by atoms with Crippen LogP contribution >= 0.6 is 11.8 Å². The Morgan fingerprint density at radius 3 is 2.50 bits per heavy atom. The number of ketones is 1. The molecule has 3 saturated carbocycles. The van der Waals surface area contributed by atoms with Gasteiger partial charge in [-0.05, 0) is 56.1 Å². The van der Waals surface area contributed by atoms with Gasteiger partial charge in [-0.1, -0.05) is 31.7 Å². The molecule has 3 fully saturated rings. The lowest BCUT2D eigenvalue weighted by atomic mass is 9.44. The zero-order valence-corrected chi connectivity index (χ0v) is 19.8. The van der Waals surface area contributed by atoms with Gasteiger partial charge in [0.2, 0.25) is 5.12 Å². The first-order chi connectivity index (χ1) is 14.8. The molecule has 9 atom stereocenters. The van der Waals surface area contributed by atoms with Crippen LogP contribution in [0.2, 0.25) is 0 Å².